The minimum Gasteiger partial charge on any atom is -0.378 e. The third-order valence-electron chi connectivity index (χ3n) is 7.18. The molecule has 2 aliphatic heterocycles. The zero-order valence-electron chi connectivity index (χ0n) is 17.7. The van der Waals surface area contributed by atoms with Crippen molar-refractivity contribution in [3.8, 4) is 0 Å². The molecule has 1 atom stereocenters. The number of amides is 2. The van der Waals surface area contributed by atoms with Crippen molar-refractivity contribution in [2.75, 3.05) is 39.4 Å². The van der Waals surface area contributed by atoms with E-state index < -0.39 is 0 Å². The first kappa shape index (κ1) is 20.1. The molecule has 1 aromatic carbocycles. The number of rotatable bonds is 3. The zero-order valence-corrected chi connectivity index (χ0v) is 17.7. The molecule has 1 aromatic heterocycles. The molecule has 3 aliphatic rings. The largest absolute Gasteiger partial charge is 0.378 e. The van der Waals surface area contributed by atoms with E-state index in [2.05, 4.69) is 34.2 Å². The molecule has 1 spiro atoms. The van der Waals surface area contributed by atoms with Crippen LogP contribution in [0.1, 0.15) is 53.2 Å². The highest BCUT2D eigenvalue weighted by atomic mass is 16.5. The second-order valence-corrected chi connectivity index (χ2v) is 8.85. The van der Waals surface area contributed by atoms with E-state index in [1.165, 1.54) is 17.3 Å². The molecule has 0 radical (unpaired) electrons. The van der Waals surface area contributed by atoms with Crippen LogP contribution >= 0.6 is 0 Å². The molecule has 5 rings (SSSR count). The van der Waals surface area contributed by atoms with Crippen molar-refractivity contribution >= 4 is 11.8 Å². The molecule has 2 amide bonds. The molecule has 31 heavy (non-hydrogen) atoms. The van der Waals surface area contributed by atoms with Crippen LogP contribution in [0, 0.1) is 0 Å². The Kier molecular flexibility index (Phi) is 5.44. The maximum Gasteiger partial charge on any atom is 0.274 e. The summed E-state index contributed by atoms with van der Waals surface area (Å²) in [7, 11) is 0. The monoisotopic (exact) mass is 420 g/mol. The molecular weight excluding hydrogens is 392 g/mol. The number of piperidine rings is 1. The van der Waals surface area contributed by atoms with Crippen molar-refractivity contribution in [3.63, 3.8) is 0 Å². The van der Waals surface area contributed by atoms with Gasteiger partial charge in [-0.3, -0.25) is 14.6 Å². The van der Waals surface area contributed by atoms with Gasteiger partial charge in [0.05, 0.1) is 19.4 Å². The van der Waals surface area contributed by atoms with Crippen molar-refractivity contribution in [2.45, 2.75) is 37.0 Å². The molecule has 0 N–H and O–H groups in total. The van der Waals surface area contributed by atoms with Crippen LogP contribution in [0.4, 0.5) is 0 Å². The van der Waals surface area contributed by atoms with Gasteiger partial charge >= 0.3 is 0 Å². The van der Waals surface area contributed by atoms with Crippen LogP contribution in [0.3, 0.4) is 0 Å². The molecule has 3 heterocycles. The van der Waals surface area contributed by atoms with Gasteiger partial charge in [0.1, 0.15) is 5.69 Å². The van der Waals surface area contributed by atoms with E-state index in [-0.39, 0.29) is 23.1 Å². The molecule has 7 nitrogen and oxygen atoms in total. The Bertz CT molecular complexity index is 950. The number of fused-ring (bicyclic) bond motifs is 2. The molecule has 2 fully saturated rings. The summed E-state index contributed by atoms with van der Waals surface area (Å²) in [6.45, 7) is 4.05. The SMILES string of the molecule is O=C(CC1CC2(CCN(C(=O)c3cnccn3)CC2)c2ccccc21)N1CCOCC1. The lowest BCUT2D eigenvalue weighted by Crippen LogP contribution is -2.44. The molecule has 1 unspecified atom stereocenters. The number of carbonyl (C=O) groups excluding carboxylic acids is 2. The lowest BCUT2D eigenvalue weighted by Gasteiger charge is -2.40. The van der Waals surface area contributed by atoms with Crippen LogP contribution in [-0.4, -0.2) is 71.0 Å². The highest BCUT2D eigenvalue weighted by molar-refractivity contribution is 5.92. The van der Waals surface area contributed by atoms with Crippen LogP contribution in [0.5, 0.6) is 0 Å². The molecule has 0 bridgehead atoms. The van der Waals surface area contributed by atoms with Crippen LogP contribution in [0.2, 0.25) is 0 Å². The van der Waals surface area contributed by atoms with Gasteiger partial charge in [-0.1, -0.05) is 24.3 Å². The summed E-state index contributed by atoms with van der Waals surface area (Å²) in [4.78, 5) is 37.8. The first-order valence-electron chi connectivity index (χ1n) is 11.2. The summed E-state index contributed by atoms with van der Waals surface area (Å²) in [6.07, 6.45) is 8.04. The first-order valence-corrected chi connectivity index (χ1v) is 11.2. The fourth-order valence-electron chi connectivity index (χ4n) is 5.55. The summed E-state index contributed by atoms with van der Waals surface area (Å²) in [5.74, 6) is 0.428. The van der Waals surface area contributed by atoms with Gasteiger partial charge in [-0.25, -0.2) is 4.98 Å². The fraction of sp³-hybridized carbons (Fsp3) is 0.500. The van der Waals surface area contributed by atoms with Crippen molar-refractivity contribution in [3.05, 3.63) is 59.7 Å². The second kappa shape index (κ2) is 8.38. The Morgan fingerprint density at radius 2 is 1.81 bits per heavy atom. The van der Waals surface area contributed by atoms with Crippen LogP contribution < -0.4 is 0 Å². The van der Waals surface area contributed by atoms with E-state index >= 15 is 0 Å². The number of carbonyl (C=O) groups is 2. The van der Waals surface area contributed by atoms with Crippen LogP contribution in [-0.2, 0) is 14.9 Å². The Balaban J connectivity index is 1.30. The van der Waals surface area contributed by atoms with Gasteiger partial charge in [0.2, 0.25) is 5.91 Å². The highest BCUT2D eigenvalue weighted by Crippen LogP contribution is 2.52. The third-order valence-corrected chi connectivity index (χ3v) is 7.18. The van der Waals surface area contributed by atoms with Gasteiger partial charge < -0.3 is 14.5 Å². The quantitative estimate of drug-likeness (QED) is 0.762. The number of ether oxygens (including phenoxy) is 1. The number of benzene rings is 1. The summed E-state index contributed by atoms with van der Waals surface area (Å²) in [5, 5.41) is 0. The molecular formula is C24H28N4O3. The average Bonchev–Trinajstić information content (AvgIpc) is 3.13. The molecule has 2 saturated heterocycles. The molecule has 7 heteroatoms. The van der Waals surface area contributed by atoms with Crippen LogP contribution in [0.15, 0.2) is 42.9 Å². The summed E-state index contributed by atoms with van der Waals surface area (Å²) >= 11 is 0. The normalized spacial score (nSPS) is 22.4. The average molecular weight is 421 g/mol. The highest BCUT2D eigenvalue weighted by Gasteiger charge is 2.46. The minimum absolute atomic E-state index is 0.0473. The van der Waals surface area contributed by atoms with Crippen molar-refractivity contribution in [2.24, 2.45) is 0 Å². The fourth-order valence-corrected chi connectivity index (χ4v) is 5.55. The minimum atomic E-state index is -0.0479. The van der Waals surface area contributed by atoms with E-state index in [1.54, 1.807) is 12.4 Å². The number of aromatic nitrogens is 2. The van der Waals surface area contributed by atoms with E-state index in [9.17, 15) is 9.59 Å². The number of hydrogen-bond donors (Lipinski definition) is 0. The topological polar surface area (TPSA) is 75.6 Å². The van der Waals surface area contributed by atoms with Crippen molar-refractivity contribution in [1.29, 1.82) is 0 Å². The summed E-state index contributed by atoms with van der Waals surface area (Å²) in [6, 6.07) is 8.60. The van der Waals surface area contributed by atoms with Gasteiger partial charge in [-0.2, -0.15) is 0 Å². The lowest BCUT2D eigenvalue weighted by molar-refractivity contribution is -0.135. The van der Waals surface area contributed by atoms with E-state index in [1.807, 2.05) is 9.80 Å². The number of nitrogens with zero attached hydrogens (tertiary/aromatic N) is 4. The van der Waals surface area contributed by atoms with Crippen molar-refractivity contribution < 1.29 is 14.3 Å². The maximum absolute atomic E-state index is 12.9. The summed E-state index contributed by atoms with van der Waals surface area (Å²) < 4.78 is 5.39. The van der Waals surface area contributed by atoms with E-state index in [0.717, 1.165) is 19.3 Å². The van der Waals surface area contributed by atoms with E-state index in [0.29, 0.717) is 51.5 Å². The molecule has 2 aromatic rings. The zero-order chi connectivity index (χ0) is 21.3. The molecule has 162 valence electrons. The third kappa shape index (κ3) is 3.82. The Morgan fingerprint density at radius 1 is 1.03 bits per heavy atom. The van der Waals surface area contributed by atoms with Gasteiger partial charge in [0.25, 0.3) is 5.91 Å². The maximum atomic E-state index is 12.9. The number of hydrogen-bond acceptors (Lipinski definition) is 5. The number of morpholine rings is 1. The Morgan fingerprint density at radius 3 is 2.55 bits per heavy atom. The standard InChI is InChI=1S/C24H28N4O3/c29-22(27-11-13-31-14-12-27)15-18-16-24(20-4-2-1-3-19(18)20)5-9-28(10-6-24)23(30)21-17-25-7-8-26-21/h1-4,7-8,17-18H,5-6,9-16H2. The predicted molar refractivity (Wildman–Crippen MR) is 115 cm³/mol. The van der Waals surface area contributed by atoms with Crippen molar-refractivity contribution in [1.82, 2.24) is 19.8 Å². The number of likely N-dealkylation sites (tertiary alicyclic amines) is 1. The predicted octanol–water partition coefficient (Wildman–Crippen LogP) is 2.39. The van der Waals surface area contributed by atoms with Gasteiger partial charge in [-0.05, 0) is 41.7 Å². The lowest BCUT2D eigenvalue weighted by atomic mass is 9.73. The van der Waals surface area contributed by atoms with E-state index in [4.69, 9.17) is 4.74 Å². The smallest absolute Gasteiger partial charge is 0.274 e. The van der Waals surface area contributed by atoms with Gasteiger partial charge in [-0.15, -0.1) is 0 Å². The Hall–Kier alpha value is -2.80. The van der Waals surface area contributed by atoms with Gasteiger partial charge in [0.15, 0.2) is 0 Å². The molecule has 1 aliphatic carbocycles. The van der Waals surface area contributed by atoms with Crippen LogP contribution in [0.25, 0.3) is 0 Å². The first-order chi connectivity index (χ1) is 15.2. The second-order valence-electron chi connectivity index (χ2n) is 8.85. The van der Waals surface area contributed by atoms with Gasteiger partial charge in [0, 0.05) is 45.0 Å². The molecule has 0 saturated carbocycles. The Labute approximate surface area is 182 Å². The summed E-state index contributed by atoms with van der Waals surface area (Å²) in [5.41, 5.74) is 3.14.